The summed E-state index contributed by atoms with van der Waals surface area (Å²) in [7, 11) is 0. The van der Waals surface area contributed by atoms with Crippen molar-refractivity contribution >= 4 is 17.6 Å². The summed E-state index contributed by atoms with van der Waals surface area (Å²) in [6.45, 7) is 2.36. The lowest BCUT2D eigenvalue weighted by molar-refractivity contribution is -0.138. The molecule has 1 atom stereocenters. The van der Waals surface area contributed by atoms with E-state index in [1.54, 1.807) is 10.7 Å². The topological polar surface area (TPSA) is 94.0 Å². The molecule has 0 fully saturated rings. The molecule has 19 heavy (non-hydrogen) atoms. The third kappa shape index (κ3) is 3.11. The number of aliphatic carboxylic acids is 1. The Bertz CT molecular complexity index is 566. The van der Waals surface area contributed by atoms with Crippen LogP contribution in [-0.4, -0.2) is 31.3 Å². The molecule has 0 radical (unpaired) electrons. The molecule has 2 aromatic heterocycles. The van der Waals surface area contributed by atoms with Crippen LogP contribution in [0.4, 0.5) is 0 Å². The number of carboxylic acids is 1. The molecule has 2 rings (SSSR count). The third-order valence-corrected chi connectivity index (χ3v) is 3.16. The Morgan fingerprint density at radius 3 is 3.00 bits per heavy atom. The minimum atomic E-state index is -0.831. The molecule has 1 N–H and O–H groups in total. The van der Waals surface area contributed by atoms with Crippen LogP contribution in [0.3, 0.4) is 0 Å². The van der Waals surface area contributed by atoms with Crippen molar-refractivity contribution in [3.8, 4) is 11.4 Å². The van der Waals surface area contributed by atoms with Gasteiger partial charge in [0.2, 0.25) is 5.22 Å². The van der Waals surface area contributed by atoms with Crippen LogP contribution in [0, 0.1) is 5.92 Å². The summed E-state index contributed by atoms with van der Waals surface area (Å²) in [5, 5.41) is 20.4. The van der Waals surface area contributed by atoms with Crippen LogP contribution >= 0.6 is 11.6 Å². The lowest BCUT2D eigenvalue weighted by Crippen LogP contribution is -2.16. The lowest BCUT2D eigenvalue weighted by atomic mass is 10.0. The zero-order chi connectivity index (χ0) is 13.8. The van der Waals surface area contributed by atoms with Gasteiger partial charge in [-0.05, 0) is 34.0 Å². The quantitative estimate of drug-likeness (QED) is 0.873. The van der Waals surface area contributed by atoms with E-state index in [1.165, 1.54) is 6.26 Å². The molecule has 2 heterocycles. The number of tetrazole rings is 1. The summed E-state index contributed by atoms with van der Waals surface area (Å²) in [6.07, 6.45) is 2.25. The number of rotatable bonds is 6. The minimum Gasteiger partial charge on any atom is -0.481 e. The molecule has 102 valence electrons. The van der Waals surface area contributed by atoms with Crippen LogP contribution in [0.15, 0.2) is 16.7 Å². The molecule has 0 spiro atoms. The third-order valence-electron chi connectivity index (χ3n) is 2.86. The van der Waals surface area contributed by atoms with Crippen molar-refractivity contribution in [2.45, 2.75) is 26.3 Å². The zero-order valence-electron chi connectivity index (χ0n) is 10.3. The van der Waals surface area contributed by atoms with Crippen molar-refractivity contribution in [1.82, 2.24) is 20.2 Å². The number of hydrogen-bond acceptors (Lipinski definition) is 5. The number of carboxylic acid groups (broad SMARTS) is 1. The first-order valence-electron chi connectivity index (χ1n) is 5.83. The van der Waals surface area contributed by atoms with Crippen molar-refractivity contribution in [2.24, 2.45) is 5.92 Å². The molecule has 1 unspecified atom stereocenters. The van der Waals surface area contributed by atoms with Crippen molar-refractivity contribution < 1.29 is 14.3 Å². The second-order valence-corrected chi connectivity index (χ2v) is 4.51. The van der Waals surface area contributed by atoms with Gasteiger partial charge in [0, 0.05) is 13.0 Å². The Morgan fingerprint density at radius 1 is 1.63 bits per heavy atom. The smallest absolute Gasteiger partial charge is 0.303 e. The Morgan fingerprint density at radius 2 is 2.42 bits per heavy atom. The summed E-state index contributed by atoms with van der Waals surface area (Å²) in [4.78, 5) is 10.8. The fraction of sp³-hybridized carbons (Fsp3) is 0.455. The van der Waals surface area contributed by atoms with E-state index in [4.69, 9.17) is 21.1 Å². The summed E-state index contributed by atoms with van der Waals surface area (Å²) in [5.41, 5.74) is 0.594. The summed E-state index contributed by atoms with van der Waals surface area (Å²) in [6, 6.07) is 1.67. The lowest BCUT2D eigenvalue weighted by Gasteiger charge is -2.12. The highest BCUT2D eigenvalue weighted by Crippen LogP contribution is 2.27. The van der Waals surface area contributed by atoms with E-state index in [9.17, 15) is 4.79 Å². The molecule has 0 aliphatic rings. The van der Waals surface area contributed by atoms with E-state index in [2.05, 4.69) is 15.5 Å². The first kappa shape index (κ1) is 13.5. The van der Waals surface area contributed by atoms with E-state index in [0.29, 0.717) is 17.9 Å². The number of furan rings is 1. The van der Waals surface area contributed by atoms with Crippen molar-refractivity contribution in [2.75, 3.05) is 0 Å². The highest BCUT2D eigenvalue weighted by molar-refractivity contribution is 6.31. The second kappa shape index (κ2) is 5.83. The molecule has 0 saturated heterocycles. The van der Waals surface area contributed by atoms with Gasteiger partial charge < -0.3 is 9.52 Å². The molecule has 0 saturated carbocycles. The average Bonchev–Trinajstić information content (AvgIpc) is 2.96. The van der Waals surface area contributed by atoms with Gasteiger partial charge in [-0.1, -0.05) is 13.3 Å². The van der Waals surface area contributed by atoms with Gasteiger partial charge in [0.1, 0.15) is 0 Å². The summed E-state index contributed by atoms with van der Waals surface area (Å²) >= 11 is 5.89. The predicted octanol–water partition coefficient (Wildman–Crippen LogP) is 2.09. The van der Waals surface area contributed by atoms with Gasteiger partial charge in [-0.25, -0.2) is 4.68 Å². The maximum absolute atomic E-state index is 10.8. The van der Waals surface area contributed by atoms with Crippen LogP contribution < -0.4 is 0 Å². The Labute approximate surface area is 114 Å². The molecular formula is C11H13ClN4O3. The summed E-state index contributed by atoms with van der Waals surface area (Å²) < 4.78 is 6.55. The fourth-order valence-corrected chi connectivity index (χ4v) is 2.00. The average molecular weight is 285 g/mol. The Hall–Kier alpha value is -1.89. The second-order valence-electron chi connectivity index (χ2n) is 4.16. The number of hydrogen-bond donors (Lipinski definition) is 1. The normalized spacial score (nSPS) is 12.5. The molecule has 0 aromatic carbocycles. The standard InChI is InChI=1S/C11H13ClN4O3/c1-2-7(5-9(17)18)6-16-11(13-14-15-16)8-3-4-19-10(8)12/h3-4,7H,2,5-6H2,1H3,(H,17,18). The van der Waals surface area contributed by atoms with E-state index in [-0.39, 0.29) is 17.6 Å². The van der Waals surface area contributed by atoms with Gasteiger partial charge in [-0.3, -0.25) is 4.79 Å². The van der Waals surface area contributed by atoms with Gasteiger partial charge in [0.05, 0.1) is 11.8 Å². The molecule has 8 heteroatoms. The van der Waals surface area contributed by atoms with E-state index >= 15 is 0 Å². The van der Waals surface area contributed by atoms with Crippen LogP contribution in [0.25, 0.3) is 11.4 Å². The number of carbonyl (C=O) groups is 1. The zero-order valence-corrected chi connectivity index (χ0v) is 11.0. The van der Waals surface area contributed by atoms with Gasteiger partial charge in [0.25, 0.3) is 0 Å². The molecule has 0 bridgehead atoms. The molecule has 7 nitrogen and oxygen atoms in total. The van der Waals surface area contributed by atoms with Gasteiger partial charge >= 0.3 is 5.97 Å². The van der Waals surface area contributed by atoms with E-state index < -0.39 is 5.97 Å². The van der Waals surface area contributed by atoms with Gasteiger partial charge in [-0.2, -0.15) is 0 Å². The largest absolute Gasteiger partial charge is 0.481 e. The maximum atomic E-state index is 10.8. The SMILES string of the molecule is CCC(CC(=O)O)Cn1nnnc1-c1ccoc1Cl. The van der Waals surface area contributed by atoms with Crippen molar-refractivity contribution in [1.29, 1.82) is 0 Å². The van der Waals surface area contributed by atoms with Crippen molar-refractivity contribution in [3.63, 3.8) is 0 Å². The molecule has 0 amide bonds. The molecular weight excluding hydrogens is 272 g/mol. The van der Waals surface area contributed by atoms with Crippen molar-refractivity contribution in [3.05, 3.63) is 17.5 Å². The highest BCUT2D eigenvalue weighted by atomic mass is 35.5. The van der Waals surface area contributed by atoms with Crippen LogP contribution in [0.1, 0.15) is 19.8 Å². The van der Waals surface area contributed by atoms with Gasteiger partial charge in [-0.15, -0.1) is 5.10 Å². The fourth-order valence-electron chi connectivity index (χ4n) is 1.80. The van der Waals surface area contributed by atoms with Crippen LogP contribution in [-0.2, 0) is 11.3 Å². The molecule has 0 aliphatic carbocycles. The Kier molecular flexibility index (Phi) is 4.16. The number of nitrogens with zero attached hydrogens (tertiary/aromatic N) is 4. The minimum absolute atomic E-state index is 0.0366. The van der Waals surface area contributed by atoms with Crippen LogP contribution in [0.5, 0.6) is 0 Å². The van der Waals surface area contributed by atoms with E-state index in [1.807, 2.05) is 6.92 Å². The summed E-state index contributed by atoms with van der Waals surface area (Å²) in [5.74, 6) is -0.393. The molecule has 0 aliphatic heterocycles. The Balaban J connectivity index is 2.20. The van der Waals surface area contributed by atoms with Crippen LogP contribution in [0.2, 0.25) is 5.22 Å². The number of halogens is 1. The predicted molar refractivity (Wildman–Crippen MR) is 66.6 cm³/mol. The van der Waals surface area contributed by atoms with Gasteiger partial charge in [0.15, 0.2) is 5.82 Å². The van der Waals surface area contributed by atoms with E-state index in [0.717, 1.165) is 6.42 Å². The first-order chi connectivity index (χ1) is 9.11. The number of aromatic nitrogens is 4. The monoisotopic (exact) mass is 284 g/mol. The maximum Gasteiger partial charge on any atom is 0.303 e. The molecule has 2 aromatic rings. The first-order valence-corrected chi connectivity index (χ1v) is 6.21. The highest BCUT2D eigenvalue weighted by Gasteiger charge is 2.18.